The second-order valence-corrected chi connectivity index (χ2v) is 6.72. The first-order valence-electron chi connectivity index (χ1n) is 5.78. The predicted octanol–water partition coefficient (Wildman–Crippen LogP) is 3.57. The highest BCUT2D eigenvalue weighted by Crippen LogP contribution is 2.20. The minimum Gasteiger partial charge on any atom is -0.303 e. The maximum Gasteiger partial charge on any atom is 0.0112 e. The first kappa shape index (κ1) is 14.1. The van der Waals surface area contributed by atoms with E-state index in [1.165, 1.54) is 4.88 Å². The van der Waals surface area contributed by atoms with Crippen LogP contribution >= 0.6 is 24.0 Å². The summed E-state index contributed by atoms with van der Waals surface area (Å²) in [5.41, 5.74) is 0.293. The second kappa shape index (κ2) is 6.08. The van der Waals surface area contributed by atoms with Gasteiger partial charge in [0.2, 0.25) is 0 Å². The van der Waals surface area contributed by atoms with E-state index in [9.17, 15) is 0 Å². The number of nitrogens with zero attached hydrogens (tertiary/aromatic N) is 1. The third kappa shape index (κ3) is 4.48. The van der Waals surface area contributed by atoms with Crippen LogP contribution in [0.1, 0.15) is 25.6 Å². The molecule has 0 aliphatic carbocycles. The van der Waals surface area contributed by atoms with E-state index < -0.39 is 0 Å². The fourth-order valence-electron chi connectivity index (χ4n) is 1.76. The maximum atomic E-state index is 4.41. The van der Waals surface area contributed by atoms with Crippen molar-refractivity contribution in [3.8, 4) is 0 Å². The summed E-state index contributed by atoms with van der Waals surface area (Å²) in [5, 5.41) is 2.15. The minimum absolute atomic E-state index is 0.293. The number of hydrogen-bond acceptors (Lipinski definition) is 3. The van der Waals surface area contributed by atoms with Crippen molar-refractivity contribution in [3.63, 3.8) is 0 Å². The van der Waals surface area contributed by atoms with Crippen LogP contribution in [0.15, 0.2) is 17.5 Å². The van der Waals surface area contributed by atoms with Crippen molar-refractivity contribution >= 4 is 24.0 Å². The van der Waals surface area contributed by atoms with E-state index in [1.54, 1.807) is 0 Å². The van der Waals surface area contributed by atoms with Gasteiger partial charge in [0, 0.05) is 17.5 Å². The summed E-state index contributed by atoms with van der Waals surface area (Å²) in [5.74, 6) is 0.934. The van der Waals surface area contributed by atoms with Crippen LogP contribution in [0.4, 0.5) is 0 Å². The van der Waals surface area contributed by atoms with Crippen molar-refractivity contribution in [2.45, 2.75) is 33.2 Å². The highest BCUT2D eigenvalue weighted by molar-refractivity contribution is 7.80. The fourth-order valence-corrected chi connectivity index (χ4v) is 2.68. The Kier molecular flexibility index (Phi) is 5.35. The zero-order valence-corrected chi connectivity index (χ0v) is 12.4. The Morgan fingerprint density at radius 1 is 1.50 bits per heavy atom. The Morgan fingerprint density at radius 2 is 2.19 bits per heavy atom. The van der Waals surface area contributed by atoms with Crippen molar-refractivity contribution in [1.82, 2.24) is 4.90 Å². The van der Waals surface area contributed by atoms with E-state index in [-0.39, 0.29) is 0 Å². The molecule has 3 heteroatoms. The molecule has 1 heterocycles. The Bertz CT molecular complexity index is 293. The first-order valence-corrected chi connectivity index (χ1v) is 7.29. The molecule has 0 radical (unpaired) electrons. The highest BCUT2D eigenvalue weighted by Gasteiger charge is 2.21. The number of thiophene rings is 1. The third-order valence-electron chi connectivity index (χ3n) is 2.93. The highest BCUT2D eigenvalue weighted by atomic mass is 32.1. The van der Waals surface area contributed by atoms with Crippen molar-refractivity contribution < 1.29 is 0 Å². The zero-order chi connectivity index (χ0) is 12.2. The smallest absolute Gasteiger partial charge is 0.0112 e. The lowest BCUT2D eigenvalue weighted by Crippen LogP contribution is -2.39. The van der Waals surface area contributed by atoms with E-state index in [0.29, 0.717) is 11.5 Å². The fraction of sp³-hybridized carbons (Fsp3) is 0.692. The summed E-state index contributed by atoms with van der Waals surface area (Å²) in [7, 11) is 2.21. The van der Waals surface area contributed by atoms with Gasteiger partial charge in [0.25, 0.3) is 0 Å². The van der Waals surface area contributed by atoms with E-state index in [1.807, 2.05) is 11.3 Å². The van der Waals surface area contributed by atoms with Crippen LogP contribution in [0, 0.1) is 5.41 Å². The summed E-state index contributed by atoms with van der Waals surface area (Å²) in [6.45, 7) is 7.94. The molecule has 0 spiro atoms. The molecule has 0 aliphatic rings. The average Bonchev–Trinajstić information content (AvgIpc) is 2.69. The standard InChI is InChI=1S/C13H23NS2/c1-11(8-12-6-5-7-16-12)14(4)9-13(2,3)10-15/h5-7,11,15H,8-10H2,1-4H3. The summed E-state index contributed by atoms with van der Waals surface area (Å²) in [4.78, 5) is 3.92. The van der Waals surface area contributed by atoms with Gasteiger partial charge in [-0.2, -0.15) is 12.6 Å². The van der Waals surface area contributed by atoms with Gasteiger partial charge in [-0.3, -0.25) is 0 Å². The lowest BCUT2D eigenvalue weighted by atomic mass is 9.95. The summed E-state index contributed by atoms with van der Waals surface area (Å²) >= 11 is 6.26. The molecule has 1 rings (SSSR count). The molecule has 0 bridgehead atoms. The van der Waals surface area contributed by atoms with Crippen molar-refractivity contribution in [2.24, 2.45) is 5.41 Å². The molecule has 92 valence electrons. The van der Waals surface area contributed by atoms with Crippen LogP contribution in [-0.4, -0.2) is 30.3 Å². The predicted molar refractivity (Wildman–Crippen MR) is 77.7 cm³/mol. The van der Waals surface area contributed by atoms with Gasteiger partial charge in [-0.1, -0.05) is 19.9 Å². The van der Waals surface area contributed by atoms with Gasteiger partial charge in [0.1, 0.15) is 0 Å². The van der Waals surface area contributed by atoms with Crippen LogP contribution in [0.5, 0.6) is 0 Å². The van der Waals surface area contributed by atoms with Gasteiger partial charge in [0.15, 0.2) is 0 Å². The molecule has 1 unspecified atom stereocenters. The van der Waals surface area contributed by atoms with E-state index in [4.69, 9.17) is 0 Å². The van der Waals surface area contributed by atoms with Crippen LogP contribution < -0.4 is 0 Å². The van der Waals surface area contributed by atoms with Crippen LogP contribution in [0.2, 0.25) is 0 Å². The first-order chi connectivity index (χ1) is 7.44. The lowest BCUT2D eigenvalue weighted by molar-refractivity contribution is 0.184. The SMILES string of the molecule is CC(Cc1cccs1)N(C)CC(C)(C)CS. The number of rotatable bonds is 6. The third-order valence-corrected chi connectivity index (χ3v) is 4.69. The number of hydrogen-bond donors (Lipinski definition) is 1. The van der Waals surface area contributed by atoms with Gasteiger partial charge in [-0.05, 0) is 43.0 Å². The largest absolute Gasteiger partial charge is 0.303 e. The molecule has 0 N–H and O–H groups in total. The average molecular weight is 257 g/mol. The van der Waals surface area contributed by atoms with Crippen molar-refractivity contribution in [1.29, 1.82) is 0 Å². The molecule has 0 saturated carbocycles. The van der Waals surface area contributed by atoms with Crippen molar-refractivity contribution in [3.05, 3.63) is 22.4 Å². The van der Waals surface area contributed by atoms with E-state index in [0.717, 1.165) is 18.7 Å². The molecule has 0 aliphatic heterocycles. The van der Waals surface area contributed by atoms with Gasteiger partial charge in [-0.25, -0.2) is 0 Å². The quantitative estimate of drug-likeness (QED) is 0.763. The second-order valence-electron chi connectivity index (χ2n) is 5.37. The van der Waals surface area contributed by atoms with E-state index >= 15 is 0 Å². The molecule has 1 nitrogen and oxygen atoms in total. The summed E-state index contributed by atoms with van der Waals surface area (Å²) in [6.07, 6.45) is 1.15. The molecule has 16 heavy (non-hydrogen) atoms. The van der Waals surface area contributed by atoms with Crippen LogP contribution in [0.25, 0.3) is 0 Å². The summed E-state index contributed by atoms with van der Waals surface area (Å²) < 4.78 is 0. The molecular weight excluding hydrogens is 234 g/mol. The molecule has 0 saturated heterocycles. The molecule has 0 aromatic carbocycles. The Hall–Kier alpha value is 0.01000. The molecule has 1 aromatic heterocycles. The van der Waals surface area contributed by atoms with Gasteiger partial charge in [0.05, 0.1) is 0 Å². The molecule has 0 fully saturated rings. The summed E-state index contributed by atoms with van der Waals surface area (Å²) in [6, 6.07) is 4.95. The molecular formula is C13H23NS2. The number of thiol groups is 1. The monoisotopic (exact) mass is 257 g/mol. The van der Waals surface area contributed by atoms with Crippen LogP contribution in [-0.2, 0) is 6.42 Å². The topological polar surface area (TPSA) is 3.24 Å². The maximum absolute atomic E-state index is 4.41. The van der Waals surface area contributed by atoms with Gasteiger partial charge < -0.3 is 4.90 Å². The lowest BCUT2D eigenvalue weighted by Gasteiger charge is -2.32. The normalized spacial score (nSPS) is 14.4. The molecule has 1 aromatic rings. The number of likely N-dealkylation sites (N-methyl/N-ethyl adjacent to an activating group) is 1. The Morgan fingerprint density at radius 3 is 2.69 bits per heavy atom. The van der Waals surface area contributed by atoms with Crippen LogP contribution in [0.3, 0.4) is 0 Å². The van der Waals surface area contributed by atoms with Crippen molar-refractivity contribution in [2.75, 3.05) is 19.3 Å². The minimum atomic E-state index is 0.293. The molecule has 1 atom stereocenters. The van der Waals surface area contributed by atoms with Gasteiger partial charge in [-0.15, -0.1) is 11.3 Å². The van der Waals surface area contributed by atoms with Gasteiger partial charge >= 0.3 is 0 Å². The zero-order valence-electron chi connectivity index (χ0n) is 10.7. The van der Waals surface area contributed by atoms with E-state index in [2.05, 4.69) is 62.9 Å². The Balaban J connectivity index is 2.45. The Labute approximate surface area is 109 Å². The molecule has 0 amide bonds.